The van der Waals surface area contributed by atoms with E-state index in [1.54, 1.807) is 0 Å². The van der Waals surface area contributed by atoms with E-state index in [1.165, 1.54) is 11.8 Å². The van der Waals surface area contributed by atoms with Crippen LogP contribution in [0.25, 0.3) is 0 Å². The minimum atomic E-state index is -1.48. The Morgan fingerprint density at radius 1 is 1.27 bits per heavy atom. The fourth-order valence-electron chi connectivity index (χ4n) is 3.04. The smallest absolute Gasteiger partial charge is 0.328 e. The summed E-state index contributed by atoms with van der Waals surface area (Å²) in [6.45, 7) is 1.35. The first kappa shape index (κ1) is 25.1. The molecule has 4 atom stereocenters. The topological polar surface area (TPSA) is 224 Å². The molecule has 1 aliphatic rings. The second-order valence-corrected chi connectivity index (χ2v) is 7.09. The van der Waals surface area contributed by atoms with Crippen molar-refractivity contribution in [1.29, 1.82) is 5.41 Å². The van der Waals surface area contributed by atoms with Crippen LogP contribution in [0.5, 0.6) is 0 Å². The number of carbonyl (C=O) groups is 4. The molecule has 0 aromatic heterocycles. The average Bonchev–Trinajstić information content (AvgIpc) is 3.17. The standard InChI is InChI=1S/C17H31N7O6/c1-9(13(26)23-11(8-25)16(29)30)22-14(27)12-5-3-7-24(12)15(28)10(18)4-2-6-21-17(19)20/h9-12,25H,2-8,18H2,1H3,(H,22,27)(H,23,26)(H,29,30)(H4,19,20,21)/t9-,10-,11-,12-/m0/s1. The van der Waals surface area contributed by atoms with Gasteiger partial charge in [-0.2, -0.15) is 0 Å². The summed E-state index contributed by atoms with van der Waals surface area (Å²) in [6.07, 6.45) is 1.89. The van der Waals surface area contributed by atoms with Crippen molar-refractivity contribution in [3.8, 4) is 0 Å². The number of hydrogen-bond donors (Lipinski definition) is 8. The molecule has 13 nitrogen and oxygen atoms in total. The molecule has 3 amide bonds. The van der Waals surface area contributed by atoms with Crippen molar-refractivity contribution in [3.05, 3.63) is 0 Å². The summed E-state index contributed by atoms with van der Waals surface area (Å²) >= 11 is 0. The zero-order valence-electron chi connectivity index (χ0n) is 16.9. The first-order valence-electron chi connectivity index (χ1n) is 9.66. The van der Waals surface area contributed by atoms with E-state index >= 15 is 0 Å². The normalized spacial score (nSPS) is 18.8. The molecular formula is C17H31N7O6. The summed E-state index contributed by atoms with van der Waals surface area (Å²) in [5.41, 5.74) is 11.1. The van der Waals surface area contributed by atoms with Crippen molar-refractivity contribution in [2.45, 2.75) is 56.8 Å². The van der Waals surface area contributed by atoms with Crippen molar-refractivity contribution >= 4 is 29.7 Å². The van der Waals surface area contributed by atoms with Crippen molar-refractivity contribution < 1.29 is 29.4 Å². The monoisotopic (exact) mass is 429 g/mol. The number of aliphatic hydroxyl groups is 1. The lowest BCUT2D eigenvalue weighted by Gasteiger charge is -2.28. The Hall–Kier alpha value is -2.93. The van der Waals surface area contributed by atoms with E-state index in [-0.39, 0.29) is 11.9 Å². The number of aliphatic carboxylic acids is 1. The molecule has 0 spiro atoms. The molecular weight excluding hydrogens is 398 g/mol. The molecule has 1 saturated heterocycles. The summed E-state index contributed by atoms with van der Waals surface area (Å²) in [4.78, 5) is 49.5. The lowest BCUT2D eigenvalue weighted by Crippen LogP contribution is -2.56. The molecule has 13 heteroatoms. The number of nitrogens with one attached hydrogen (secondary N) is 4. The lowest BCUT2D eigenvalue weighted by atomic mass is 10.1. The number of likely N-dealkylation sites (tertiary alicyclic amines) is 1. The Labute approximate surface area is 174 Å². The highest BCUT2D eigenvalue weighted by Gasteiger charge is 2.37. The van der Waals surface area contributed by atoms with E-state index < -0.39 is 48.6 Å². The van der Waals surface area contributed by atoms with Crippen LogP contribution in [0.4, 0.5) is 0 Å². The Bertz CT molecular complexity index is 659. The molecule has 1 heterocycles. The second kappa shape index (κ2) is 11.9. The minimum Gasteiger partial charge on any atom is -0.480 e. The number of amides is 3. The molecule has 0 aromatic carbocycles. The molecule has 1 rings (SSSR count). The first-order valence-corrected chi connectivity index (χ1v) is 9.66. The molecule has 10 N–H and O–H groups in total. The predicted molar refractivity (Wildman–Crippen MR) is 106 cm³/mol. The molecule has 1 aliphatic heterocycles. The minimum absolute atomic E-state index is 0.169. The molecule has 30 heavy (non-hydrogen) atoms. The molecule has 0 bridgehead atoms. The number of aliphatic hydroxyl groups excluding tert-OH is 1. The van der Waals surface area contributed by atoms with Crippen LogP contribution in [0.15, 0.2) is 0 Å². The number of nitrogens with two attached hydrogens (primary N) is 2. The maximum absolute atomic E-state index is 12.6. The number of hydrogen-bond acceptors (Lipinski definition) is 7. The third kappa shape index (κ3) is 7.48. The van der Waals surface area contributed by atoms with Crippen molar-refractivity contribution in [1.82, 2.24) is 20.9 Å². The van der Waals surface area contributed by atoms with Gasteiger partial charge in [0.1, 0.15) is 18.1 Å². The highest BCUT2D eigenvalue weighted by molar-refractivity contribution is 5.94. The van der Waals surface area contributed by atoms with Crippen molar-refractivity contribution in [2.75, 3.05) is 19.7 Å². The molecule has 170 valence electrons. The van der Waals surface area contributed by atoms with Crippen LogP contribution >= 0.6 is 0 Å². The highest BCUT2D eigenvalue weighted by atomic mass is 16.4. The van der Waals surface area contributed by atoms with E-state index in [0.29, 0.717) is 38.8 Å². The molecule has 0 aromatic rings. The third-order valence-electron chi connectivity index (χ3n) is 4.71. The van der Waals surface area contributed by atoms with Gasteiger partial charge in [-0.25, -0.2) is 4.79 Å². The van der Waals surface area contributed by atoms with Gasteiger partial charge >= 0.3 is 5.97 Å². The van der Waals surface area contributed by atoms with Crippen LogP contribution in [0, 0.1) is 5.41 Å². The number of guanidine groups is 1. The summed E-state index contributed by atoms with van der Waals surface area (Å²) in [5, 5.41) is 32.1. The maximum Gasteiger partial charge on any atom is 0.328 e. The van der Waals surface area contributed by atoms with E-state index in [0.717, 1.165) is 0 Å². The predicted octanol–water partition coefficient (Wildman–Crippen LogP) is -3.37. The van der Waals surface area contributed by atoms with Crippen molar-refractivity contribution in [2.24, 2.45) is 11.5 Å². The molecule has 0 saturated carbocycles. The number of carbonyl (C=O) groups excluding carboxylic acids is 3. The molecule has 1 fully saturated rings. The molecule has 0 aliphatic carbocycles. The first-order chi connectivity index (χ1) is 14.1. The van der Waals surface area contributed by atoms with Gasteiger partial charge in [0.15, 0.2) is 5.96 Å². The van der Waals surface area contributed by atoms with Crippen LogP contribution in [0.2, 0.25) is 0 Å². The number of carboxylic acid groups (broad SMARTS) is 1. The van der Waals surface area contributed by atoms with Crippen molar-refractivity contribution in [3.63, 3.8) is 0 Å². The van der Waals surface area contributed by atoms with Gasteiger partial charge in [-0.15, -0.1) is 0 Å². The van der Waals surface area contributed by atoms with Gasteiger partial charge in [0.25, 0.3) is 0 Å². The summed E-state index contributed by atoms with van der Waals surface area (Å²) < 4.78 is 0. The quantitative estimate of drug-likeness (QED) is 0.0930. The highest BCUT2D eigenvalue weighted by Crippen LogP contribution is 2.19. The maximum atomic E-state index is 12.6. The molecule has 0 radical (unpaired) electrons. The van der Waals surface area contributed by atoms with E-state index in [1.807, 2.05) is 0 Å². The summed E-state index contributed by atoms with van der Waals surface area (Å²) in [5.74, 6) is -3.25. The number of rotatable bonds is 11. The third-order valence-corrected chi connectivity index (χ3v) is 4.71. The van der Waals surface area contributed by atoms with E-state index in [2.05, 4.69) is 16.0 Å². The summed E-state index contributed by atoms with van der Waals surface area (Å²) in [6, 6.07) is -4.12. The largest absolute Gasteiger partial charge is 0.480 e. The van der Waals surface area contributed by atoms with Crippen LogP contribution in [-0.4, -0.2) is 88.6 Å². The van der Waals surface area contributed by atoms with E-state index in [4.69, 9.17) is 27.1 Å². The van der Waals surface area contributed by atoms with Gasteiger partial charge in [0.05, 0.1) is 12.6 Å². The van der Waals surface area contributed by atoms with Gasteiger partial charge < -0.3 is 42.5 Å². The zero-order valence-corrected chi connectivity index (χ0v) is 16.9. The van der Waals surface area contributed by atoms with Gasteiger partial charge in [0, 0.05) is 13.1 Å². The second-order valence-electron chi connectivity index (χ2n) is 7.09. The van der Waals surface area contributed by atoms with Crippen LogP contribution < -0.4 is 27.4 Å². The van der Waals surface area contributed by atoms with Gasteiger partial charge in [-0.3, -0.25) is 19.8 Å². The SMILES string of the molecule is C[C@H](NC(=O)[C@@H]1CCCN1C(=O)[C@@H](N)CCCNC(=N)N)C(=O)N[C@@H](CO)C(=O)O. The zero-order chi connectivity index (χ0) is 22.8. The Morgan fingerprint density at radius 3 is 2.50 bits per heavy atom. The Kier molecular flexibility index (Phi) is 9.98. The average molecular weight is 429 g/mol. The van der Waals surface area contributed by atoms with Crippen LogP contribution in [0.3, 0.4) is 0 Å². The number of carboxylic acids is 1. The van der Waals surface area contributed by atoms with Crippen LogP contribution in [-0.2, 0) is 19.2 Å². The van der Waals surface area contributed by atoms with Crippen LogP contribution in [0.1, 0.15) is 32.6 Å². The fourth-order valence-corrected chi connectivity index (χ4v) is 3.04. The van der Waals surface area contributed by atoms with Gasteiger partial charge in [0.2, 0.25) is 17.7 Å². The van der Waals surface area contributed by atoms with E-state index in [9.17, 15) is 19.2 Å². The van der Waals surface area contributed by atoms with Gasteiger partial charge in [-0.05, 0) is 32.6 Å². The Balaban J connectivity index is 2.59. The molecule has 0 unspecified atom stereocenters. The lowest BCUT2D eigenvalue weighted by molar-refractivity contribution is -0.143. The fraction of sp³-hybridized carbons (Fsp3) is 0.706. The summed E-state index contributed by atoms with van der Waals surface area (Å²) in [7, 11) is 0. The van der Waals surface area contributed by atoms with Gasteiger partial charge in [-0.1, -0.05) is 0 Å². The Morgan fingerprint density at radius 2 is 1.93 bits per heavy atom. The number of nitrogens with zero attached hydrogens (tertiary/aromatic N) is 1.